The summed E-state index contributed by atoms with van der Waals surface area (Å²) in [7, 11) is 0. The maximum absolute atomic E-state index is 13.6. The minimum absolute atomic E-state index is 0.0203. The summed E-state index contributed by atoms with van der Waals surface area (Å²) in [6, 6.07) is 2.77. The Hall–Kier alpha value is -2.08. The van der Waals surface area contributed by atoms with Crippen molar-refractivity contribution in [3.8, 4) is 11.4 Å². The van der Waals surface area contributed by atoms with Gasteiger partial charge in [0, 0.05) is 6.20 Å². The van der Waals surface area contributed by atoms with E-state index < -0.39 is 11.6 Å². The molecular weight excluding hydrogens is 262 g/mol. The molecule has 0 atom stereocenters. The fourth-order valence-corrected chi connectivity index (χ4v) is 1.81. The van der Waals surface area contributed by atoms with Gasteiger partial charge in [0.05, 0.1) is 18.1 Å². The van der Waals surface area contributed by atoms with E-state index in [1.807, 2.05) is 0 Å². The quantitative estimate of drug-likeness (QED) is 0.636. The van der Waals surface area contributed by atoms with E-state index >= 15 is 0 Å². The van der Waals surface area contributed by atoms with E-state index in [0.717, 1.165) is 6.20 Å². The minimum Gasteiger partial charge on any atom is -0.296 e. The van der Waals surface area contributed by atoms with Gasteiger partial charge in [0.25, 0.3) is 0 Å². The lowest BCUT2D eigenvalue weighted by Crippen LogP contribution is -1.96. The molecule has 0 fully saturated rings. The van der Waals surface area contributed by atoms with Crippen LogP contribution in [0.1, 0.15) is 0 Å². The van der Waals surface area contributed by atoms with E-state index in [1.165, 1.54) is 22.7 Å². The van der Waals surface area contributed by atoms with Gasteiger partial charge in [-0.15, -0.1) is 0 Å². The topological polar surface area (TPSA) is 43.1 Å². The van der Waals surface area contributed by atoms with Crippen LogP contribution >= 0.6 is 11.6 Å². The van der Waals surface area contributed by atoms with Gasteiger partial charge < -0.3 is 0 Å². The van der Waals surface area contributed by atoms with Crippen LogP contribution in [0.4, 0.5) is 8.78 Å². The number of pyridine rings is 1. The Morgan fingerprint density at radius 1 is 1.11 bits per heavy atom. The molecule has 3 rings (SSSR count). The van der Waals surface area contributed by atoms with E-state index in [-0.39, 0.29) is 16.6 Å². The zero-order valence-corrected chi connectivity index (χ0v) is 9.57. The van der Waals surface area contributed by atoms with Crippen LogP contribution in [0.2, 0.25) is 5.28 Å². The number of rotatable bonds is 1. The Labute approximate surface area is 105 Å². The first-order valence-corrected chi connectivity index (χ1v) is 5.34. The Morgan fingerprint density at radius 3 is 2.78 bits per heavy atom. The Kier molecular flexibility index (Phi) is 2.45. The van der Waals surface area contributed by atoms with Gasteiger partial charge in [0.2, 0.25) is 5.28 Å². The minimum atomic E-state index is -0.648. The molecule has 7 heteroatoms. The van der Waals surface area contributed by atoms with Crippen LogP contribution in [-0.2, 0) is 0 Å². The van der Waals surface area contributed by atoms with Gasteiger partial charge in [-0.1, -0.05) is 0 Å². The average Bonchev–Trinajstić information content (AvgIpc) is 2.77. The highest BCUT2D eigenvalue weighted by Crippen LogP contribution is 2.23. The van der Waals surface area contributed by atoms with Crippen molar-refractivity contribution in [1.29, 1.82) is 0 Å². The third-order valence-electron chi connectivity index (χ3n) is 2.45. The van der Waals surface area contributed by atoms with Gasteiger partial charge in [0.1, 0.15) is 5.69 Å². The molecular formula is C11H5ClF2N4. The molecule has 0 bridgehead atoms. The van der Waals surface area contributed by atoms with E-state index in [4.69, 9.17) is 11.6 Å². The van der Waals surface area contributed by atoms with Gasteiger partial charge in [-0.05, 0) is 23.7 Å². The molecule has 4 nitrogen and oxygen atoms in total. The molecule has 0 aliphatic carbocycles. The first-order valence-electron chi connectivity index (χ1n) is 4.97. The van der Waals surface area contributed by atoms with Crippen molar-refractivity contribution in [3.63, 3.8) is 0 Å². The molecule has 3 aromatic heterocycles. The van der Waals surface area contributed by atoms with E-state index in [0.29, 0.717) is 5.69 Å². The van der Waals surface area contributed by atoms with E-state index in [9.17, 15) is 8.78 Å². The molecule has 3 aromatic rings. The van der Waals surface area contributed by atoms with Gasteiger partial charge >= 0.3 is 0 Å². The van der Waals surface area contributed by atoms with Crippen LogP contribution < -0.4 is 0 Å². The zero-order valence-electron chi connectivity index (χ0n) is 8.81. The Balaban J connectivity index is 2.32. The van der Waals surface area contributed by atoms with Gasteiger partial charge in [0.15, 0.2) is 17.3 Å². The lowest BCUT2D eigenvalue weighted by Gasteiger charge is -2.02. The first-order chi connectivity index (χ1) is 8.66. The lowest BCUT2D eigenvalue weighted by atomic mass is 10.3. The number of imidazole rings is 1. The van der Waals surface area contributed by atoms with Gasteiger partial charge in [-0.25, -0.2) is 23.7 Å². The van der Waals surface area contributed by atoms with Crippen LogP contribution in [0.5, 0.6) is 0 Å². The third-order valence-corrected chi connectivity index (χ3v) is 2.63. The van der Waals surface area contributed by atoms with Crippen LogP contribution in [0.25, 0.3) is 17.0 Å². The predicted molar refractivity (Wildman–Crippen MR) is 61.1 cm³/mol. The van der Waals surface area contributed by atoms with Crippen molar-refractivity contribution < 1.29 is 8.78 Å². The molecule has 0 spiro atoms. The SMILES string of the molecule is Fc1cnc(Cl)nc1-c1cnc2c(F)cccn12. The molecule has 0 amide bonds. The van der Waals surface area contributed by atoms with Gasteiger partial charge in [-0.3, -0.25) is 4.40 Å². The van der Waals surface area contributed by atoms with Crippen molar-refractivity contribution in [2.45, 2.75) is 0 Å². The summed E-state index contributed by atoms with van der Waals surface area (Å²) in [6.07, 6.45) is 3.86. The molecule has 0 saturated carbocycles. The molecule has 0 N–H and O–H groups in total. The largest absolute Gasteiger partial charge is 0.296 e. The maximum Gasteiger partial charge on any atom is 0.223 e. The molecule has 0 unspecified atom stereocenters. The molecule has 0 aliphatic heterocycles. The highest BCUT2D eigenvalue weighted by atomic mass is 35.5. The van der Waals surface area contributed by atoms with Crippen LogP contribution in [0.15, 0.2) is 30.7 Å². The van der Waals surface area contributed by atoms with Crippen molar-refractivity contribution in [1.82, 2.24) is 19.4 Å². The van der Waals surface area contributed by atoms with E-state index in [1.54, 1.807) is 6.20 Å². The predicted octanol–water partition coefficient (Wildman–Crippen LogP) is 2.72. The monoisotopic (exact) mass is 266 g/mol. The number of halogens is 3. The molecule has 0 radical (unpaired) electrons. The van der Waals surface area contributed by atoms with Crippen LogP contribution in [0.3, 0.4) is 0 Å². The zero-order chi connectivity index (χ0) is 12.7. The summed E-state index contributed by atoms with van der Waals surface area (Å²) in [4.78, 5) is 11.2. The van der Waals surface area contributed by atoms with E-state index in [2.05, 4.69) is 15.0 Å². The smallest absolute Gasteiger partial charge is 0.223 e. The molecule has 0 aliphatic rings. The summed E-state index contributed by atoms with van der Waals surface area (Å²) < 4.78 is 28.5. The summed E-state index contributed by atoms with van der Waals surface area (Å²) in [5, 5.41) is -0.0854. The number of hydrogen-bond donors (Lipinski definition) is 0. The fraction of sp³-hybridized carbons (Fsp3) is 0. The number of aromatic nitrogens is 4. The molecule has 0 saturated heterocycles. The first kappa shape index (κ1) is 11.0. The van der Waals surface area contributed by atoms with Crippen molar-refractivity contribution >= 4 is 17.2 Å². The Bertz CT molecular complexity index is 741. The molecule has 0 aromatic carbocycles. The van der Waals surface area contributed by atoms with Crippen LogP contribution in [0, 0.1) is 11.6 Å². The molecule has 90 valence electrons. The highest BCUT2D eigenvalue weighted by molar-refractivity contribution is 6.28. The van der Waals surface area contributed by atoms with Crippen molar-refractivity contribution in [3.05, 3.63) is 47.6 Å². The summed E-state index contributed by atoms with van der Waals surface area (Å²) in [6.45, 7) is 0. The van der Waals surface area contributed by atoms with Crippen LogP contribution in [-0.4, -0.2) is 19.4 Å². The van der Waals surface area contributed by atoms with Crippen molar-refractivity contribution in [2.24, 2.45) is 0 Å². The standard InChI is InChI=1S/C11H5ClF2N4/c12-11-16-4-7(14)9(17-11)8-5-15-10-6(13)2-1-3-18(8)10/h1-5H. The number of nitrogens with zero attached hydrogens (tertiary/aromatic N) is 4. The number of hydrogen-bond acceptors (Lipinski definition) is 3. The third kappa shape index (κ3) is 1.62. The second-order valence-electron chi connectivity index (χ2n) is 3.53. The second-order valence-corrected chi connectivity index (χ2v) is 3.87. The summed E-state index contributed by atoms with van der Waals surface area (Å²) in [5.41, 5.74) is 0.390. The van der Waals surface area contributed by atoms with Gasteiger partial charge in [-0.2, -0.15) is 0 Å². The average molecular weight is 267 g/mol. The molecule has 18 heavy (non-hydrogen) atoms. The molecule has 3 heterocycles. The summed E-state index contributed by atoms with van der Waals surface area (Å²) >= 11 is 5.62. The van der Waals surface area contributed by atoms with Crippen molar-refractivity contribution in [2.75, 3.05) is 0 Å². The Morgan fingerprint density at radius 2 is 1.94 bits per heavy atom. The second kappa shape index (κ2) is 3.99. The lowest BCUT2D eigenvalue weighted by molar-refractivity contribution is 0.616. The normalized spacial score (nSPS) is 11.1. The number of fused-ring (bicyclic) bond motifs is 1. The fourth-order valence-electron chi connectivity index (χ4n) is 1.68. The summed E-state index contributed by atoms with van der Waals surface area (Å²) in [5.74, 6) is -1.14. The highest BCUT2D eigenvalue weighted by Gasteiger charge is 2.14. The maximum atomic E-state index is 13.6.